The number of anilines is 2. The molecule has 0 amide bonds. The zero-order valence-electron chi connectivity index (χ0n) is 13.4. The zero-order valence-corrected chi connectivity index (χ0v) is 14.3. The van der Waals surface area contributed by atoms with Crippen molar-refractivity contribution in [1.29, 1.82) is 0 Å². The van der Waals surface area contributed by atoms with E-state index in [9.17, 15) is 9.32 Å². The molecule has 5 heteroatoms. The summed E-state index contributed by atoms with van der Waals surface area (Å²) in [6, 6.07) is 13.0. The summed E-state index contributed by atoms with van der Waals surface area (Å²) < 4.78 is 12.3. The van der Waals surface area contributed by atoms with Crippen LogP contribution < -0.4 is 5.32 Å². The highest BCUT2D eigenvalue weighted by molar-refractivity contribution is 8.01. The second-order valence-corrected chi connectivity index (χ2v) is 9.26. The first-order chi connectivity index (χ1) is 10.8. The number of benzene rings is 2. The van der Waals surface area contributed by atoms with Crippen molar-refractivity contribution in [3.05, 3.63) is 54.2 Å². The molecule has 0 saturated heterocycles. The Morgan fingerprint density at radius 3 is 2.57 bits per heavy atom. The minimum atomic E-state index is -2.33. The Kier molecular flexibility index (Phi) is 3.82. The van der Waals surface area contributed by atoms with Crippen LogP contribution in [0.1, 0.15) is 5.56 Å². The monoisotopic (exact) mass is 328 g/mol. The second-order valence-electron chi connectivity index (χ2n) is 6.04. The minimum absolute atomic E-state index is 0.251. The minimum Gasteiger partial charge on any atom is -0.508 e. The number of rotatable bonds is 3. The first-order valence-electron chi connectivity index (χ1n) is 7.35. The van der Waals surface area contributed by atoms with Crippen LogP contribution in [0.25, 0.3) is 10.9 Å². The lowest BCUT2D eigenvalue weighted by atomic mass is 10.1. The van der Waals surface area contributed by atoms with E-state index in [0.717, 1.165) is 32.7 Å². The molecule has 2 aromatic carbocycles. The molecule has 1 aromatic heterocycles. The molecule has 2 N–H and O–H groups in total. The number of pyridine rings is 1. The van der Waals surface area contributed by atoms with Gasteiger partial charge in [0, 0.05) is 33.9 Å². The molecule has 23 heavy (non-hydrogen) atoms. The van der Waals surface area contributed by atoms with Gasteiger partial charge in [-0.1, -0.05) is 16.0 Å². The second kappa shape index (κ2) is 5.66. The number of phenols is 1. The fraction of sp³-hybridized carbons (Fsp3) is 0.167. The predicted octanol–water partition coefficient (Wildman–Crippen LogP) is 3.63. The maximum absolute atomic E-state index is 12.3. The molecule has 1 heterocycles. The van der Waals surface area contributed by atoms with Crippen LogP contribution in [0.3, 0.4) is 0 Å². The largest absolute Gasteiger partial charge is 0.508 e. The van der Waals surface area contributed by atoms with Gasteiger partial charge in [-0.15, -0.1) is 0 Å². The highest BCUT2D eigenvalue weighted by Crippen LogP contribution is 2.30. The fourth-order valence-electron chi connectivity index (χ4n) is 2.42. The van der Waals surface area contributed by atoms with Crippen molar-refractivity contribution in [1.82, 2.24) is 4.98 Å². The van der Waals surface area contributed by atoms with Gasteiger partial charge in [0.05, 0.1) is 5.52 Å². The molecule has 4 nitrogen and oxygen atoms in total. The van der Waals surface area contributed by atoms with E-state index in [1.165, 1.54) is 0 Å². The SMILES string of the molecule is Cc1ccc(Nc2ccnc3ccc([SH](C)(C)=O)cc23)cc1O. The van der Waals surface area contributed by atoms with Gasteiger partial charge < -0.3 is 10.4 Å². The number of fused-ring (bicyclic) bond motifs is 1. The lowest BCUT2D eigenvalue weighted by molar-refractivity contribution is 0.471. The maximum Gasteiger partial charge on any atom is 0.120 e. The van der Waals surface area contributed by atoms with Gasteiger partial charge in [0.25, 0.3) is 0 Å². The van der Waals surface area contributed by atoms with Gasteiger partial charge in [0.15, 0.2) is 0 Å². The van der Waals surface area contributed by atoms with Crippen molar-refractivity contribution in [2.24, 2.45) is 0 Å². The fourth-order valence-corrected chi connectivity index (χ4v) is 3.29. The van der Waals surface area contributed by atoms with Gasteiger partial charge in [0.1, 0.15) is 5.75 Å². The van der Waals surface area contributed by atoms with Crippen LogP contribution in [0.15, 0.2) is 53.6 Å². The van der Waals surface area contributed by atoms with Crippen LogP contribution in [0, 0.1) is 6.92 Å². The Morgan fingerprint density at radius 2 is 1.87 bits per heavy atom. The van der Waals surface area contributed by atoms with Crippen LogP contribution in [-0.2, 0) is 9.93 Å². The number of nitrogens with zero attached hydrogens (tertiary/aromatic N) is 1. The van der Waals surface area contributed by atoms with E-state index in [1.54, 1.807) is 24.8 Å². The Bertz CT molecular complexity index is 931. The molecule has 0 fully saturated rings. The zero-order chi connectivity index (χ0) is 16.6. The Balaban J connectivity index is 2.09. The number of aromatic hydroxyl groups is 1. The number of hydrogen-bond donors (Lipinski definition) is 3. The molecule has 0 spiro atoms. The van der Waals surface area contributed by atoms with Gasteiger partial charge in [-0.25, -0.2) is 0 Å². The van der Waals surface area contributed by atoms with Gasteiger partial charge in [-0.05, 0) is 55.3 Å². The van der Waals surface area contributed by atoms with E-state index < -0.39 is 9.93 Å². The van der Waals surface area contributed by atoms with Crippen LogP contribution in [0.4, 0.5) is 11.4 Å². The highest BCUT2D eigenvalue weighted by Gasteiger charge is 2.09. The molecule has 0 saturated carbocycles. The molecule has 0 atom stereocenters. The molecule has 0 bridgehead atoms. The van der Waals surface area contributed by atoms with E-state index in [2.05, 4.69) is 10.3 Å². The maximum atomic E-state index is 12.3. The van der Waals surface area contributed by atoms with Gasteiger partial charge in [-0.2, -0.15) is 0 Å². The van der Waals surface area contributed by atoms with Crippen molar-refractivity contribution in [3.8, 4) is 5.75 Å². The van der Waals surface area contributed by atoms with Crippen molar-refractivity contribution < 1.29 is 9.32 Å². The van der Waals surface area contributed by atoms with E-state index in [1.807, 2.05) is 43.3 Å². The van der Waals surface area contributed by atoms with Gasteiger partial charge in [0.2, 0.25) is 0 Å². The summed E-state index contributed by atoms with van der Waals surface area (Å²) in [7, 11) is -2.33. The summed E-state index contributed by atoms with van der Waals surface area (Å²) in [6.45, 7) is 1.85. The lowest BCUT2D eigenvalue weighted by Crippen LogP contribution is -2.06. The molecule has 0 aliphatic rings. The normalized spacial score (nSPS) is 12.3. The van der Waals surface area contributed by atoms with E-state index in [-0.39, 0.29) is 5.75 Å². The third-order valence-corrected chi connectivity index (χ3v) is 5.36. The van der Waals surface area contributed by atoms with Gasteiger partial charge >= 0.3 is 0 Å². The Hall–Kier alpha value is -2.40. The summed E-state index contributed by atoms with van der Waals surface area (Å²) in [6.07, 6.45) is 5.25. The number of nitrogens with one attached hydrogen (secondary N) is 1. The van der Waals surface area contributed by atoms with Crippen LogP contribution in [0.5, 0.6) is 5.75 Å². The van der Waals surface area contributed by atoms with Crippen molar-refractivity contribution in [2.45, 2.75) is 11.8 Å². The number of thiol groups is 1. The predicted molar refractivity (Wildman–Crippen MR) is 97.5 cm³/mol. The Morgan fingerprint density at radius 1 is 1.09 bits per heavy atom. The summed E-state index contributed by atoms with van der Waals surface area (Å²) in [4.78, 5) is 5.19. The Labute approximate surface area is 136 Å². The third-order valence-electron chi connectivity index (χ3n) is 3.84. The number of hydrogen-bond acceptors (Lipinski definition) is 4. The number of phenolic OH excluding ortho intramolecular Hbond substituents is 1. The van der Waals surface area contributed by atoms with Crippen LogP contribution in [0.2, 0.25) is 0 Å². The highest BCUT2D eigenvalue weighted by atomic mass is 32.2. The van der Waals surface area contributed by atoms with Crippen LogP contribution in [-0.4, -0.2) is 26.8 Å². The van der Waals surface area contributed by atoms with E-state index in [4.69, 9.17) is 0 Å². The summed E-state index contributed by atoms with van der Waals surface area (Å²) >= 11 is 0. The molecular weight excluding hydrogens is 308 g/mol. The standard InChI is InChI=1S/C18H20N2O2S/c1-12-4-5-13(10-18(12)21)20-17-8-9-19-16-7-6-14(11-15(16)17)23(2,3)22/h4-11,21,23H,1-3H3,(H,19,20). The molecule has 0 aliphatic heterocycles. The van der Waals surface area contributed by atoms with Crippen molar-refractivity contribution >= 4 is 32.2 Å². The summed E-state index contributed by atoms with van der Waals surface area (Å²) in [5.41, 5.74) is 3.33. The molecule has 3 aromatic rings. The smallest absolute Gasteiger partial charge is 0.120 e. The number of aromatic nitrogens is 1. The van der Waals surface area contributed by atoms with Crippen LogP contribution >= 0.6 is 0 Å². The molecular formula is C18H20N2O2S. The summed E-state index contributed by atoms with van der Waals surface area (Å²) in [5, 5.41) is 14.1. The van der Waals surface area contributed by atoms with Crippen molar-refractivity contribution in [3.63, 3.8) is 0 Å². The molecule has 0 radical (unpaired) electrons. The summed E-state index contributed by atoms with van der Waals surface area (Å²) in [5.74, 6) is 0.251. The topological polar surface area (TPSA) is 62.2 Å². The van der Waals surface area contributed by atoms with E-state index >= 15 is 0 Å². The molecule has 0 aliphatic carbocycles. The van der Waals surface area contributed by atoms with E-state index in [0.29, 0.717) is 0 Å². The first kappa shape index (κ1) is 15.5. The third kappa shape index (κ3) is 3.19. The first-order valence-corrected chi connectivity index (χ1v) is 9.96. The quantitative estimate of drug-likeness (QED) is 0.643. The lowest BCUT2D eigenvalue weighted by Gasteiger charge is -2.15. The average molecular weight is 328 g/mol. The van der Waals surface area contributed by atoms with Gasteiger partial charge in [-0.3, -0.25) is 9.19 Å². The number of aryl methyl sites for hydroxylation is 1. The molecule has 3 rings (SSSR count). The average Bonchev–Trinajstić information content (AvgIpc) is 2.50. The molecule has 120 valence electrons. The molecule has 0 unspecified atom stereocenters. The van der Waals surface area contributed by atoms with Crippen molar-refractivity contribution in [2.75, 3.05) is 17.8 Å².